The molecule has 0 radical (unpaired) electrons. The van der Waals surface area contributed by atoms with E-state index < -0.39 is 29.7 Å². The predicted molar refractivity (Wildman–Crippen MR) is 143 cm³/mol. The van der Waals surface area contributed by atoms with E-state index in [1.54, 1.807) is 43.5 Å². The number of ketones is 1. The van der Waals surface area contributed by atoms with Crippen molar-refractivity contribution in [2.75, 3.05) is 0 Å². The van der Waals surface area contributed by atoms with Crippen LogP contribution in [0.4, 0.5) is 17.6 Å². The van der Waals surface area contributed by atoms with E-state index >= 15 is 0 Å². The van der Waals surface area contributed by atoms with Crippen LogP contribution in [0.2, 0.25) is 5.02 Å². The van der Waals surface area contributed by atoms with E-state index in [2.05, 4.69) is 15.1 Å². The van der Waals surface area contributed by atoms with Crippen molar-refractivity contribution in [1.82, 2.24) is 9.97 Å². The molecule has 0 bridgehead atoms. The number of carbonyl (C=O) groups excluding carboxylic acids is 1. The molecule has 0 saturated carbocycles. The first-order valence-electron chi connectivity index (χ1n) is 12.4. The molecule has 1 unspecified atom stereocenters. The molecule has 1 aliphatic heterocycles. The standard InChI is InChI=1S/C30H22ClF4N3O2/c1-17(18-5-8-29(37-16-18)30(33,34)35)10-27(39)21-12-19(23-7-6-22(31)14-24(23)32)11-20(13-21)26-15-28(40-38-26)25-4-2-3-9-36-25/h2-9,11-14,16-17,28H,10,15H2,1H3/t17-,28?/m0/s1. The summed E-state index contributed by atoms with van der Waals surface area (Å²) in [4.78, 5) is 26.9. The van der Waals surface area contributed by atoms with Gasteiger partial charge in [0.2, 0.25) is 0 Å². The van der Waals surface area contributed by atoms with E-state index in [1.807, 2.05) is 12.1 Å². The zero-order valence-electron chi connectivity index (χ0n) is 21.1. The first kappa shape index (κ1) is 27.5. The van der Waals surface area contributed by atoms with Gasteiger partial charge >= 0.3 is 6.18 Å². The number of halogens is 5. The molecule has 0 fully saturated rings. The van der Waals surface area contributed by atoms with Crippen molar-refractivity contribution in [1.29, 1.82) is 0 Å². The zero-order chi connectivity index (χ0) is 28.4. The third-order valence-corrected chi connectivity index (χ3v) is 6.89. The zero-order valence-corrected chi connectivity index (χ0v) is 21.9. The first-order valence-corrected chi connectivity index (χ1v) is 12.8. The van der Waals surface area contributed by atoms with Gasteiger partial charge in [-0.15, -0.1) is 0 Å². The molecular formula is C30H22ClF4N3O2. The number of aromatic nitrogens is 2. The maximum Gasteiger partial charge on any atom is 0.433 e. The second kappa shape index (κ2) is 11.2. The molecule has 2 atom stereocenters. The monoisotopic (exact) mass is 567 g/mol. The number of Topliss-reactive ketones (excluding diaryl/α,β-unsaturated/α-hetero) is 1. The summed E-state index contributed by atoms with van der Waals surface area (Å²) >= 11 is 5.94. The number of rotatable bonds is 7. The van der Waals surface area contributed by atoms with Crippen molar-refractivity contribution in [3.05, 3.63) is 118 Å². The normalized spacial score (nSPS) is 15.8. The van der Waals surface area contributed by atoms with Crippen LogP contribution in [-0.2, 0) is 11.0 Å². The van der Waals surface area contributed by atoms with E-state index in [9.17, 15) is 22.4 Å². The highest BCUT2D eigenvalue weighted by Crippen LogP contribution is 2.33. The average Bonchev–Trinajstić information content (AvgIpc) is 3.43. The lowest BCUT2D eigenvalue weighted by molar-refractivity contribution is -0.141. The maximum atomic E-state index is 14.9. The molecular weight excluding hydrogens is 546 g/mol. The van der Waals surface area contributed by atoms with Crippen LogP contribution in [0.3, 0.4) is 0 Å². The minimum Gasteiger partial charge on any atom is -0.385 e. The number of alkyl halides is 3. The van der Waals surface area contributed by atoms with Crippen LogP contribution in [0.1, 0.15) is 64.7 Å². The van der Waals surface area contributed by atoms with Gasteiger partial charge in [0.15, 0.2) is 11.9 Å². The van der Waals surface area contributed by atoms with Crippen LogP contribution < -0.4 is 0 Å². The summed E-state index contributed by atoms with van der Waals surface area (Å²) in [5.41, 5.74) is 2.35. The molecule has 5 nitrogen and oxygen atoms in total. The van der Waals surface area contributed by atoms with Crippen molar-refractivity contribution < 1.29 is 27.2 Å². The van der Waals surface area contributed by atoms with Crippen LogP contribution in [0.5, 0.6) is 0 Å². The molecule has 0 aliphatic carbocycles. The number of oxime groups is 1. The van der Waals surface area contributed by atoms with Gasteiger partial charge in [-0.25, -0.2) is 4.39 Å². The SMILES string of the molecule is C[C@@H](CC(=O)c1cc(C2=NOC(c3ccccn3)C2)cc(-c2ccc(Cl)cc2F)c1)c1ccc(C(F)(F)F)nc1. The second-order valence-electron chi connectivity index (χ2n) is 9.52. The fourth-order valence-electron chi connectivity index (χ4n) is 4.49. The molecule has 5 rings (SSSR count). The summed E-state index contributed by atoms with van der Waals surface area (Å²) < 4.78 is 53.6. The second-order valence-corrected chi connectivity index (χ2v) is 9.95. The Kier molecular flexibility index (Phi) is 7.67. The Balaban J connectivity index is 1.45. The molecule has 0 saturated heterocycles. The lowest BCUT2D eigenvalue weighted by atomic mass is 9.90. The fourth-order valence-corrected chi connectivity index (χ4v) is 4.64. The first-order chi connectivity index (χ1) is 19.1. The van der Waals surface area contributed by atoms with Gasteiger partial charge in [0.25, 0.3) is 0 Å². The average molecular weight is 568 g/mol. The van der Waals surface area contributed by atoms with E-state index in [0.717, 1.165) is 12.3 Å². The van der Waals surface area contributed by atoms with Crippen molar-refractivity contribution in [3.63, 3.8) is 0 Å². The van der Waals surface area contributed by atoms with Gasteiger partial charge in [-0.3, -0.25) is 14.8 Å². The van der Waals surface area contributed by atoms with Gasteiger partial charge in [-0.05, 0) is 71.6 Å². The van der Waals surface area contributed by atoms with Crippen LogP contribution >= 0.6 is 11.6 Å². The molecule has 0 spiro atoms. The van der Waals surface area contributed by atoms with Gasteiger partial charge in [0.1, 0.15) is 11.5 Å². The lowest BCUT2D eigenvalue weighted by Crippen LogP contribution is -2.10. The van der Waals surface area contributed by atoms with Gasteiger partial charge < -0.3 is 4.84 Å². The van der Waals surface area contributed by atoms with Crippen molar-refractivity contribution >= 4 is 23.1 Å². The summed E-state index contributed by atoms with van der Waals surface area (Å²) in [6.45, 7) is 1.73. The van der Waals surface area contributed by atoms with Crippen LogP contribution in [0, 0.1) is 5.82 Å². The van der Waals surface area contributed by atoms with Gasteiger partial charge in [-0.2, -0.15) is 13.2 Å². The minimum absolute atomic E-state index is 0.00141. The van der Waals surface area contributed by atoms with Crippen molar-refractivity contribution in [2.24, 2.45) is 5.16 Å². The molecule has 2 aromatic carbocycles. The number of pyridine rings is 2. The molecule has 10 heteroatoms. The topological polar surface area (TPSA) is 64.4 Å². The van der Waals surface area contributed by atoms with E-state index in [0.29, 0.717) is 40.1 Å². The van der Waals surface area contributed by atoms with Crippen molar-refractivity contribution in [2.45, 2.75) is 38.0 Å². The molecule has 204 valence electrons. The predicted octanol–water partition coefficient (Wildman–Crippen LogP) is 8.20. The van der Waals surface area contributed by atoms with E-state index in [1.165, 1.54) is 18.2 Å². The largest absolute Gasteiger partial charge is 0.433 e. The molecule has 2 aromatic heterocycles. The molecule has 0 N–H and O–H groups in total. The molecule has 40 heavy (non-hydrogen) atoms. The summed E-state index contributed by atoms with van der Waals surface area (Å²) in [5.74, 6) is -1.24. The Bertz CT molecular complexity index is 1570. The van der Waals surface area contributed by atoms with Crippen LogP contribution in [-0.4, -0.2) is 21.5 Å². The van der Waals surface area contributed by atoms with E-state index in [4.69, 9.17) is 16.4 Å². The molecule has 4 aromatic rings. The highest BCUT2D eigenvalue weighted by atomic mass is 35.5. The number of nitrogens with zero attached hydrogens (tertiary/aromatic N) is 3. The third-order valence-electron chi connectivity index (χ3n) is 6.65. The Morgan fingerprint density at radius 1 is 1.05 bits per heavy atom. The summed E-state index contributed by atoms with van der Waals surface area (Å²) in [6.07, 6.45) is -1.77. The molecule has 3 heterocycles. The van der Waals surface area contributed by atoms with Gasteiger partial charge in [-0.1, -0.05) is 35.8 Å². The lowest BCUT2D eigenvalue weighted by Gasteiger charge is -2.14. The van der Waals surface area contributed by atoms with Crippen LogP contribution in [0.25, 0.3) is 11.1 Å². The summed E-state index contributed by atoms with van der Waals surface area (Å²) in [7, 11) is 0. The summed E-state index contributed by atoms with van der Waals surface area (Å²) in [6, 6.07) is 17.0. The smallest absolute Gasteiger partial charge is 0.385 e. The van der Waals surface area contributed by atoms with Gasteiger partial charge in [0, 0.05) is 46.9 Å². The highest BCUT2D eigenvalue weighted by Gasteiger charge is 2.32. The number of hydrogen-bond acceptors (Lipinski definition) is 5. The van der Waals surface area contributed by atoms with E-state index in [-0.39, 0.29) is 22.8 Å². The minimum atomic E-state index is -4.55. The maximum absolute atomic E-state index is 14.9. The Morgan fingerprint density at radius 2 is 1.85 bits per heavy atom. The Morgan fingerprint density at radius 3 is 2.52 bits per heavy atom. The molecule has 1 aliphatic rings. The number of benzene rings is 2. The Labute approximate surface area is 232 Å². The Hall–Kier alpha value is -4.11. The van der Waals surface area contributed by atoms with Gasteiger partial charge in [0.05, 0.1) is 11.4 Å². The highest BCUT2D eigenvalue weighted by molar-refractivity contribution is 6.30. The quantitative estimate of drug-likeness (QED) is 0.167. The molecule has 0 amide bonds. The number of hydrogen-bond donors (Lipinski definition) is 0. The van der Waals surface area contributed by atoms with Crippen molar-refractivity contribution in [3.8, 4) is 11.1 Å². The fraction of sp³-hybridized carbons (Fsp3) is 0.200. The summed E-state index contributed by atoms with van der Waals surface area (Å²) in [5, 5.41) is 4.46. The van der Waals surface area contributed by atoms with Crippen LogP contribution in [0.15, 0.2) is 84.3 Å². The number of carbonyl (C=O) groups is 1. The third kappa shape index (κ3) is 6.04.